The number of hydrogen-bond acceptors (Lipinski definition) is 4. The molecule has 15 heavy (non-hydrogen) atoms. The van der Waals surface area contributed by atoms with Crippen LogP contribution in [-0.2, 0) is 9.47 Å². The molecule has 1 aliphatic rings. The predicted molar refractivity (Wildman–Crippen MR) is 58.5 cm³/mol. The number of oxime groups is 1. The molecule has 4 nitrogen and oxygen atoms in total. The fraction of sp³-hybridized carbons (Fsp3) is 0.909. The van der Waals surface area contributed by atoms with Crippen LogP contribution in [0.15, 0.2) is 5.16 Å². The molecule has 0 aliphatic heterocycles. The summed E-state index contributed by atoms with van der Waals surface area (Å²) >= 11 is 0. The van der Waals surface area contributed by atoms with Crippen molar-refractivity contribution in [3.8, 4) is 0 Å². The van der Waals surface area contributed by atoms with Crippen molar-refractivity contribution in [2.75, 3.05) is 20.3 Å². The largest absolute Gasteiger partial charge is 0.411 e. The molecular weight excluding hydrogens is 194 g/mol. The molecule has 0 unspecified atom stereocenters. The zero-order valence-electron chi connectivity index (χ0n) is 9.45. The molecule has 1 aliphatic carbocycles. The molecule has 0 aromatic rings. The van der Waals surface area contributed by atoms with Gasteiger partial charge in [0.2, 0.25) is 0 Å². The first-order valence-corrected chi connectivity index (χ1v) is 5.67. The van der Waals surface area contributed by atoms with Crippen LogP contribution < -0.4 is 0 Å². The van der Waals surface area contributed by atoms with Crippen LogP contribution in [0.3, 0.4) is 0 Å². The molecule has 0 aromatic carbocycles. The zero-order valence-corrected chi connectivity index (χ0v) is 9.45. The molecule has 1 fully saturated rings. The second-order valence-corrected chi connectivity index (χ2v) is 3.94. The van der Waals surface area contributed by atoms with E-state index < -0.39 is 0 Å². The van der Waals surface area contributed by atoms with Crippen molar-refractivity contribution < 1.29 is 14.7 Å². The van der Waals surface area contributed by atoms with Crippen LogP contribution in [0.25, 0.3) is 0 Å². The van der Waals surface area contributed by atoms with Crippen LogP contribution in [0.1, 0.15) is 38.5 Å². The summed E-state index contributed by atoms with van der Waals surface area (Å²) in [5.41, 5.74) is 0.911. The lowest BCUT2D eigenvalue weighted by Crippen LogP contribution is -2.22. The molecule has 1 rings (SSSR count). The van der Waals surface area contributed by atoms with E-state index in [1.54, 1.807) is 7.11 Å². The van der Waals surface area contributed by atoms with E-state index in [4.69, 9.17) is 14.7 Å². The number of ether oxygens (including phenoxy) is 2. The maximum atomic E-state index is 8.58. The average molecular weight is 215 g/mol. The monoisotopic (exact) mass is 215 g/mol. The molecule has 1 N–H and O–H groups in total. The summed E-state index contributed by atoms with van der Waals surface area (Å²) < 4.78 is 10.7. The average Bonchev–Trinajstić information content (AvgIpc) is 2.30. The molecule has 1 saturated carbocycles. The van der Waals surface area contributed by atoms with Crippen LogP contribution >= 0.6 is 0 Å². The maximum absolute atomic E-state index is 8.58. The van der Waals surface area contributed by atoms with Gasteiger partial charge in [0.05, 0.1) is 11.8 Å². The first kappa shape index (κ1) is 12.5. The van der Waals surface area contributed by atoms with Crippen molar-refractivity contribution in [1.29, 1.82) is 0 Å². The molecule has 0 bridgehead atoms. The summed E-state index contributed by atoms with van der Waals surface area (Å²) in [4.78, 5) is 0. The highest BCUT2D eigenvalue weighted by Gasteiger charge is 2.17. The van der Waals surface area contributed by atoms with E-state index in [-0.39, 0.29) is 0 Å². The number of rotatable bonds is 6. The highest BCUT2D eigenvalue weighted by molar-refractivity contribution is 5.84. The van der Waals surface area contributed by atoms with Crippen molar-refractivity contribution in [2.45, 2.75) is 44.6 Å². The molecule has 4 heteroatoms. The normalized spacial score (nSPS) is 21.7. The Morgan fingerprint density at radius 3 is 2.53 bits per heavy atom. The minimum absolute atomic E-state index is 0.359. The zero-order chi connectivity index (χ0) is 10.9. The summed E-state index contributed by atoms with van der Waals surface area (Å²) in [5.74, 6) is 0. The van der Waals surface area contributed by atoms with Crippen molar-refractivity contribution in [2.24, 2.45) is 5.16 Å². The van der Waals surface area contributed by atoms with Crippen molar-refractivity contribution >= 4 is 5.71 Å². The molecule has 0 saturated heterocycles. The number of nitrogens with zero attached hydrogens (tertiary/aromatic N) is 1. The first-order chi connectivity index (χ1) is 7.36. The Labute approximate surface area is 91.3 Å². The Hall–Kier alpha value is -0.610. The Balaban J connectivity index is 1.99. The van der Waals surface area contributed by atoms with Crippen molar-refractivity contribution in [1.82, 2.24) is 0 Å². The van der Waals surface area contributed by atoms with E-state index in [0.29, 0.717) is 6.10 Å². The minimum Gasteiger partial charge on any atom is -0.411 e. The van der Waals surface area contributed by atoms with Crippen LogP contribution in [0.5, 0.6) is 0 Å². The van der Waals surface area contributed by atoms with Crippen LogP contribution in [0.2, 0.25) is 0 Å². The van der Waals surface area contributed by atoms with E-state index in [1.165, 1.54) is 0 Å². The van der Waals surface area contributed by atoms with Gasteiger partial charge in [-0.25, -0.2) is 0 Å². The molecule has 0 amide bonds. The quantitative estimate of drug-likeness (QED) is 0.420. The van der Waals surface area contributed by atoms with E-state index >= 15 is 0 Å². The van der Waals surface area contributed by atoms with Crippen LogP contribution in [0.4, 0.5) is 0 Å². The van der Waals surface area contributed by atoms with E-state index in [1.807, 2.05) is 0 Å². The number of unbranched alkanes of at least 4 members (excludes halogenated alkanes) is 1. The second-order valence-electron chi connectivity index (χ2n) is 3.94. The van der Waals surface area contributed by atoms with E-state index in [2.05, 4.69) is 5.16 Å². The van der Waals surface area contributed by atoms with E-state index in [0.717, 1.165) is 57.5 Å². The summed E-state index contributed by atoms with van der Waals surface area (Å²) in [7, 11) is 1.72. The Kier molecular flexibility index (Phi) is 6.36. The third kappa shape index (κ3) is 5.14. The highest BCUT2D eigenvalue weighted by Crippen LogP contribution is 2.19. The second kappa shape index (κ2) is 7.65. The Bertz CT molecular complexity index is 184. The smallest absolute Gasteiger partial charge is 0.0582 e. The molecular formula is C11H21NO3. The first-order valence-electron chi connectivity index (χ1n) is 5.67. The topological polar surface area (TPSA) is 51.0 Å². The van der Waals surface area contributed by atoms with Crippen molar-refractivity contribution in [3.05, 3.63) is 0 Å². The van der Waals surface area contributed by atoms with Gasteiger partial charge in [0, 0.05) is 20.3 Å². The maximum Gasteiger partial charge on any atom is 0.0582 e. The molecule has 88 valence electrons. The van der Waals surface area contributed by atoms with Gasteiger partial charge in [-0.15, -0.1) is 0 Å². The lowest BCUT2D eigenvalue weighted by molar-refractivity contribution is 0.0347. The Morgan fingerprint density at radius 1 is 1.27 bits per heavy atom. The van der Waals surface area contributed by atoms with Crippen LogP contribution in [-0.4, -0.2) is 37.3 Å². The minimum atomic E-state index is 0.359. The number of methoxy groups -OCH3 is 1. The van der Waals surface area contributed by atoms with Gasteiger partial charge in [0.15, 0.2) is 0 Å². The highest BCUT2D eigenvalue weighted by atomic mass is 16.5. The van der Waals surface area contributed by atoms with Gasteiger partial charge in [0.25, 0.3) is 0 Å². The Morgan fingerprint density at radius 2 is 1.93 bits per heavy atom. The molecule has 0 radical (unpaired) electrons. The lowest BCUT2D eigenvalue weighted by atomic mass is 9.96. The molecule has 0 spiro atoms. The summed E-state index contributed by atoms with van der Waals surface area (Å²) in [6.07, 6.45) is 6.21. The fourth-order valence-corrected chi connectivity index (χ4v) is 1.79. The van der Waals surface area contributed by atoms with Crippen molar-refractivity contribution in [3.63, 3.8) is 0 Å². The standard InChI is InChI=1S/C11H21NO3/c1-14-8-2-3-9-15-11-6-4-10(12-13)5-7-11/h11,13H,2-9H2,1H3. The SMILES string of the molecule is COCCCCOC1CCC(=NO)CC1. The molecule has 0 heterocycles. The summed E-state index contributed by atoms with van der Waals surface area (Å²) in [5, 5.41) is 11.8. The third-order valence-electron chi connectivity index (χ3n) is 2.75. The van der Waals surface area contributed by atoms with Gasteiger partial charge < -0.3 is 14.7 Å². The van der Waals surface area contributed by atoms with Crippen LogP contribution in [0, 0.1) is 0 Å². The van der Waals surface area contributed by atoms with Gasteiger partial charge in [0.1, 0.15) is 0 Å². The third-order valence-corrected chi connectivity index (χ3v) is 2.75. The van der Waals surface area contributed by atoms with Gasteiger partial charge >= 0.3 is 0 Å². The molecule has 0 atom stereocenters. The van der Waals surface area contributed by atoms with Gasteiger partial charge in [-0.3, -0.25) is 0 Å². The van der Waals surface area contributed by atoms with Gasteiger partial charge in [-0.1, -0.05) is 5.16 Å². The van der Waals surface area contributed by atoms with E-state index in [9.17, 15) is 0 Å². The van der Waals surface area contributed by atoms with Gasteiger partial charge in [-0.2, -0.15) is 0 Å². The van der Waals surface area contributed by atoms with Gasteiger partial charge in [-0.05, 0) is 38.5 Å². The lowest BCUT2D eigenvalue weighted by Gasteiger charge is -2.22. The molecule has 0 aromatic heterocycles. The summed E-state index contributed by atoms with van der Waals surface area (Å²) in [6.45, 7) is 1.63. The number of hydrogen-bond donors (Lipinski definition) is 1. The predicted octanol–water partition coefficient (Wildman–Crippen LogP) is 2.20. The fourth-order valence-electron chi connectivity index (χ4n) is 1.79. The summed E-state index contributed by atoms with van der Waals surface area (Å²) in [6, 6.07) is 0.